The van der Waals surface area contributed by atoms with Crippen LogP contribution >= 0.6 is 0 Å². The summed E-state index contributed by atoms with van der Waals surface area (Å²) in [6, 6.07) is 1.70. The average Bonchev–Trinajstić information content (AvgIpc) is 2.85. The Balaban J connectivity index is 2.53. The molecule has 0 aromatic heterocycles. The third-order valence-corrected chi connectivity index (χ3v) is 5.56. The number of ether oxygens (including phenoxy) is 6. The summed E-state index contributed by atoms with van der Waals surface area (Å²) >= 11 is 0. The number of nitrogens with two attached hydrogens (primary N) is 1. The Kier molecular flexibility index (Phi) is 12.9. The molecular formula is C29H42N2O8. The molecule has 2 bridgehead atoms. The molecule has 10 heteroatoms. The lowest BCUT2D eigenvalue weighted by Gasteiger charge is -2.24. The first-order valence-corrected chi connectivity index (χ1v) is 13.0. The molecule has 0 radical (unpaired) electrons. The summed E-state index contributed by atoms with van der Waals surface area (Å²) in [6.45, 7) is 12.2. The van der Waals surface area contributed by atoms with E-state index in [1.165, 1.54) is 0 Å². The quantitative estimate of drug-likeness (QED) is 0.474. The first-order chi connectivity index (χ1) is 18.5. The summed E-state index contributed by atoms with van der Waals surface area (Å²) in [5, 5.41) is 2.95. The van der Waals surface area contributed by atoms with Gasteiger partial charge in [0.15, 0.2) is 17.2 Å². The number of carbonyl (C=O) groups is 2. The third-order valence-electron chi connectivity index (χ3n) is 5.56. The fourth-order valence-corrected chi connectivity index (χ4v) is 3.71. The molecule has 0 saturated carbocycles. The van der Waals surface area contributed by atoms with Crippen molar-refractivity contribution in [2.75, 3.05) is 32.2 Å². The molecule has 1 atom stereocenters. The number of primary amides is 1. The number of methoxy groups -OCH3 is 1. The second-order valence-corrected chi connectivity index (χ2v) is 9.57. The smallest absolute Gasteiger partial charge is 0.405 e. The molecule has 39 heavy (non-hydrogen) atoms. The summed E-state index contributed by atoms with van der Waals surface area (Å²) in [6.07, 6.45) is 5.69. The van der Waals surface area contributed by atoms with E-state index >= 15 is 0 Å². The predicted octanol–water partition coefficient (Wildman–Crippen LogP) is 5.06. The lowest BCUT2D eigenvalue weighted by molar-refractivity contribution is -0.112. The number of hydrogen-bond acceptors (Lipinski definition) is 8. The van der Waals surface area contributed by atoms with E-state index < -0.39 is 12.2 Å². The van der Waals surface area contributed by atoms with Crippen LogP contribution in [0.1, 0.15) is 53.5 Å². The number of hydrogen-bond donors (Lipinski definition) is 2. The molecule has 0 unspecified atom stereocenters. The van der Waals surface area contributed by atoms with Gasteiger partial charge in [0.05, 0.1) is 57.0 Å². The molecular weight excluding hydrogens is 504 g/mol. The molecule has 0 spiro atoms. The van der Waals surface area contributed by atoms with Gasteiger partial charge >= 0.3 is 6.09 Å². The third kappa shape index (κ3) is 10.3. The van der Waals surface area contributed by atoms with Gasteiger partial charge in [0, 0.05) is 18.1 Å². The Morgan fingerprint density at radius 1 is 1.08 bits per heavy atom. The Bertz CT molecular complexity index is 1080. The van der Waals surface area contributed by atoms with Crippen LogP contribution in [-0.4, -0.2) is 57.2 Å². The zero-order chi connectivity index (χ0) is 28.9. The molecule has 1 aliphatic rings. The van der Waals surface area contributed by atoms with Gasteiger partial charge in [-0.3, -0.25) is 4.79 Å². The molecule has 1 aliphatic heterocycles. The number of anilines is 1. The fraction of sp³-hybridized carbons (Fsp3) is 0.517. The van der Waals surface area contributed by atoms with E-state index in [1.54, 1.807) is 38.3 Å². The van der Waals surface area contributed by atoms with E-state index in [0.29, 0.717) is 60.3 Å². The largest absolute Gasteiger partial charge is 0.492 e. The number of amides is 2. The summed E-state index contributed by atoms with van der Waals surface area (Å²) in [7, 11) is 1.55. The summed E-state index contributed by atoms with van der Waals surface area (Å²) < 4.78 is 34.8. The number of carbonyl (C=O) groups excluding carboxylic acids is 2. The minimum Gasteiger partial charge on any atom is -0.492 e. The predicted molar refractivity (Wildman–Crippen MR) is 149 cm³/mol. The van der Waals surface area contributed by atoms with Crippen molar-refractivity contribution in [2.24, 2.45) is 5.73 Å². The van der Waals surface area contributed by atoms with Gasteiger partial charge in [-0.25, -0.2) is 4.79 Å². The van der Waals surface area contributed by atoms with Crippen molar-refractivity contribution in [3.63, 3.8) is 0 Å². The highest BCUT2D eigenvalue weighted by atomic mass is 16.6. The maximum absolute atomic E-state index is 13.2. The van der Waals surface area contributed by atoms with Gasteiger partial charge in [0.1, 0.15) is 6.10 Å². The minimum absolute atomic E-state index is 0.133. The first kappa shape index (κ1) is 31.7. The van der Waals surface area contributed by atoms with Gasteiger partial charge < -0.3 is 39.5 Å². The minimum atomic E-state index is -0.864. The van der Waals surface area contributed by atoms with Crippen LogP contribution in [0, 0.1) is 0 Å². The molecule has 2 amide bonds. The number of fused-ring (bicyclic) bond motifs is 2. The molecule has 10 nitrogen and oxygen atoms in total. The van der Waals surface area contributed by atoms with Gasteiger partial charge in [-0.2, -0.15) is 0 Å². The van der Waals surface area contributed by atoms with Crippen molar-refractivity contribution in [1.82, 2.24) is 0 Å². The zero-order valence-corrected chi connectivity index (χ0v) is 24.0. The topological polar surface area (TPSA) is 128 Å². The Morgan fingerprint density at radius 2 is 1.77 bits per heavy atom. The second-order valence-electron chi connectivity index (χ2n) is 9.57. The van der Waals surface area contributed by atoms with Crippen molar-refractivity contribution in [1.29, 1.82) is 0 Å². The van der Waals surface area contributed by atoms with E-state index in [0.717, 1.165) is 5.57 Å². The van der Waals surface area contributed by atoms with Crippen LogP contribution in [0.4, 0.5) is 10.5 Å². The fourth-order valence-electron chi connectivity index (χ4n) is 3.71. The van der Waals surface area contributed by atoms with Gasteiger partial charge in [-0.1, -0.05) is 24.3 Å². The Labute approximate surface area is 231 Å². The summed E-state index contributed by atoms with van der Waals surface area (Å²) in [4.78, 5) is 24.5. The Morgan fingerprint density at radius 3 is 2.41 bits per heavy atom. The van der Waals surface area contributed by atoms with Crippen LogP contribution in [0.15, 0.2) is 41.5 Å². The van der Waals surface area contributed by atoms with E-state index in [9.17, 15) is 9.59 Å². The van der Waals surface area contributed by atoms with Crippen LogP contribution in [0.25, 0.3) is 0 Å². The lowest BCUT2D eigenvalue weighted by atomic mass is 10.1. The molecule has 1 heterocycles. The van der Waals surface area contributed by atoms with E-state index in [-0.39, 0.29) is 24.7 Å². The van der Waals surface area contributed by atoms with E-state index in [4.69, 9.17) is 34.2 Å². The maximum atomic E-state index is 13.2. The zero-order valence-electron chi connectivity index (χ0n) is 24.0. The number of allylic oxidation sites excluding steroid dienone is 2. The van der Waals surface area contributed by atoms with Crippen molar-refractivity contribution >= 4 is 17.7 Å². The van der Waals surface area contributed by atoms with E-state index in [2.05, 4.69) is 5.32 Å². The number of rotatable bonds is 6. The second kappa shape index (κ2) is 15.8. The monoisotopic (exact) mass is 546 g/mol. The molecule has 216 valence electrons. The van der Waals surface area contributed by atoms with E-state index in [1.807, 2.05) is 40.7 Å². The molecule has 1 aromatic carbocycles. The summed E-state index contributed by atoms with van der Waals surface area (Å²) in [5.74, 6) is 1.05. The normalized spacial score (nSPS) is 21.3. The van der Waals surface area contributed by atoms with Crippen molar-refractivity contribution in [2.45, 2.75) is 72.9 Å². The molecule has 3 N–H and O–H groups in total. The molecule has 2 rings (SSSR count). The van der Waals surface area contributed by atoms with Crippen LogP contribution < -0.4 is 25.3 Å². The molecule has 0 saturated heterocycles. The molecule has 0 aliphatic carbocycles. The maximum Gasteiger partial charge on any atom is 0.405 e. The highest BCUT2D eigenvalue weighted by molar-refractivity contribution is 6.04. The number of benzene rings is 1. The van der Waals surface area contributed by atoms with Gasteiger partial charge in [-0.05, 0) is 47.1 Å². The summed E-state index contributed by atoms with van der Waals surface area (Å²) in [5.41, 5.74) is 7.54. The first-order valence-electron chi connectivity index (χ1n) is 13.0. The average molecular weight is 547 g/mol. The van der Waals surface area contributed by atoms with Crippen molar-refractivity contribution in [3.05, 3.63) is 47.1 Å². The highest BCUT2D eigenvalue weighted by Gasteiger charge is 2.24. The van der Waals surface area contributed by atoms with Gasteiger partial charge in [0.25, 0.3) is 5.91 Å². The van der Waals surface area contributed by atoms with Crippen LogP contribution in [0.2, 0.25) is 0 Å². The van der Waals surface area contributed by atoms with Gasteiger partial charge in [0.2, 0.25) is 0 Å². The number of nitrogens with one attached hydrogen (secondary N) is 1. The molecule has 0 fully saturated rings. The lowest BCUT2D eigenvalue weighted by Crippen LogP contribution is -2.23. The highest BCUT2D eigenvalue weighted by Crippen LogP contribution is 2.45. The van der Waals surface area contributed by atoms with Crippen LogP contribution in [0.5, 0.6) is 17.2 Å². The van der Waals surface area contributed by atoms with Gasteiger partial charge in [-0.15, -0.1) is 0 Å². The van der Waals surface area contributed by atoms with Crippen molar-refractivity contribution < 1.29 is 38.0 Å². The van der Waals surface area contributed by atoms with Crippen LogP contribution in [-0.2, 0) is 25.6 Å². The molecule has 1 aromatic rings. The SMILES string of the molecule is COc1c(OC(C)C)cc2c(OC(C)C)c1COCCOC/C=C(\C)[C@H](OC(N)=O)C/C=C/C=C(/C)C(=O)N2. The standard InChI is InChI=1S/C29H42N2O8/c1-18(2)37-25-16-23-26(38-19(3)4)22(27(25)34-7)17-36-15-14-35-13-12-20(5)24(39-29(30)33)11-9-8-10-21(6)28(32)31-23/h8-10,12,16,18-19,24H,11,13-15,17H2,1-7H3,(H2,30,33)(H,31,32)/b9-8+,20-12+,21-10-/t24-/m1/s1. The van der Waals surface area contributed by atoms with Crippen LogP contribution in [0.3, 0.4) is 0 Å². The Hall–Kier alpha value is -3.50. The van der Waals surface area contributed by atoms with Crippen molar-refractivity contribution in [3.8, 4) is 17.2 Å².